The Morgan fingerprint density at radius 2 is 1.50 bits per heavy atom. The van der Waals surface area contributed by atoms with Crippen molar-refractivity contribution in [2.24, 2.45) is 16.5 Å². The quantitative estimate of drug-likeness (QED) is 0.0673. The number of aliphatic imine (C=N–C) groups is 1. The van der Waals surface area contributed by atoms with Crippen LogP contribution < -0.4 is 38.1 Å². The van der Waals surface area contributed by atoms with Crippen molar-refractivity contribution in [3.05, 3.63) is 29.8 Å². The Kier molecular flexibility index (Phi) is 14.4. The molecule has 5 atom stereocenters. The molecule has 0 aliphatic carbocycles. The molecule has 1 heterocycles. The topological polar surface area (TPSA) is 322 Å². The Hall–Kier alpha value is -5.27. The molecule has 19 nitrogen and oxygen atoms in total. The van der Waals surface area contributed by atoms with Crippen LogP contribution in [0.15, 0.2) is 29.3 Å². The van der Waals surface area contributed by atoms with E-state index in [1.165, 1.54) is 24.3 Å². The average molecular weight is 669 g/mol. The summed E-state index contributed by atoms with van der Waals surface area (Å²) in [4.78, 5) is 91.6. The molecular formula is C26H36N8O11S. The third-order valence-corrected chi connectivity index (χ3v) is 7.61. The molecule has 46 heavy (non-hydrogen) atoms. The maximum absolute atomic E-state index is 13.4. The van der Waals surface area contributed by atoms with Gasteiger partial charge >= 0.3 is 11.9 Å². The van der Waals surface area contributed by atoms with Crippen molar-refractivity contribution < 1.29 is 53.1 Å². The molecule has 1 fully saturated rings. The highest BCUT2D eigenvalue weighted by atomic mass is 32.2. The van der Waals surface area contributed by atoms with Crippen LogP contribution in [-0.4, -0.2) is 116 Å². The molecular weight excluding hydrogens is 632 g/mol. The van der Waals surface area contributed by atoms with E-state index in [4.69, 9.17) is 11.5 Å². The van der Waals surface area contributed by atoms with Gasteiger partial charge in [0.15, 0.2) is 5.96 Å². The number of hydrogen-bond acceptors (Lipinski definition) is 10. The van der Waals surface area contributed by atoms with Crippen molar-refractivity contribution in [2.75, 3.05) is 24.6 Å². The Morgan fingerprint density at radius 1 is 0.870 bits per heavy atom. The number of benzene rings is 1. The molecule has 2 rings (SSSR count). The normalized spacial score (nSPS) is 23.7. The van der Waals surface area contributed by atoms with Gasteiger partial charge < -0.3 is 53.4 Å². The lowest BCUT2D eigenvalue weighted by molar-refractivity contribution is -0.143. The van der Waals surface area contributed by atoms with Crippen LogP contribution in [0.1, 0.15) is 24.8 Å². The number of hydrogen-bond donors (Lipinski definition) is 10. The third kappa shape index (κ3) is 13.2. The number of phenolic OH excluding ortho intramolecular Hbond substituents is 1. The molecule has 20 heteroatoms. The number of carbonyl (C=O) groups is 7. The first-order chi connectivity index (χ1) is 21.6. The van der Waals surface area contributed by atoms with E-state index in [1.807, 2.05) is 5.32 Å². The summed E-state index contributed by atoms with van der Waals surface area (Å²) in [6.45, 7) is -0.701. The first-order valence-corrected chi connectivity index (χ1v) is 15.2. The van der Waals surface area contributed by atoms with E-state index in [-0.39, 0.29) is 37.5 Å². The van der Waals surface area contributed by atoms with Crippen molar-refractivity contribution >= 4 is 58.2 Å². The monoisotopic (exact) mass is 668 g/mol. The van der Waals surface area contributed by atoms with E-state index in [0.29, 0.717) is 5.56 Å². The van der Waals surface area contributed by atoms with Gasteiger partial charge in [-0.15, -0.1) is 0 Å². The van der Waals surface area contributed by atoms with Crippen LogP contribution in [0.5, 0.6) is 5.75 Å². The molecule has 252 valence electrons. The Bertz CT molecular complexity index is 1370. The van der Waals surface area contributed by atoms with Crippen molar-refractivity contribution in [1.82, 2.24) is 26.6 Å². The minimum Gasteiger partial charge on any atom is -0.508 e. The molecule has 0 saturated carbocycles. The number of nitrogens with two attached hydrogens (primary N) is 2. The molecule has 1 aliphatic rings. The fourth-order valence-corrected chi connectivity index (χ4v) is 5.21. The molecule has 0 bridgehead atoms. The van der Waals surface area contributed by atoms with Gasteiger partial charge in [-0.25, -0.2) is 4.79 Å². The fourth-order valence-electron chi connectivity index (χ4n) is 4.12. The standard InChI is InChI=1S/C26H36N8O11S/c27-26(28)29-7-1-2-15-22(40)30-10-19(36)31-17(9-21(38)39)24(42)34-18(25(43)44)11-46(45)12-20(37)32-16(23(41)33-15)8-13-3-5-14(35)6-4-13/h3-6,15-18,35H,1-2,7-12H2,(H,30,40)(H,31,36)(H,32,37)(H,33,41)(H,34,42)(H,38,39)(H,43,44)(H4,27,28,29)/t15?,16-,17+,18+,46?/m1/s1. The summed E-state index contributed by atoms with van der Waals surface area (Å²) in [5, 5.41) is 39.6. The summed E-state index contributed by atoms with van der Waals surface area (Å²) < 4.78 is 12.8. The Labute approximate surface area is 264 Å². The van der Waals surface area contributed by atoms with E-state index in [1.54, 1.807) is 0 Å². The van der Waals surface area contributed by atoms with E-state index in [2.05, 4.69) is 26.3 Å². The van der Waals surface area contributed by atoms with Crippen LogP contribution >= 0.6 is 0 Å². The van der Waals surface area contributed by atoms with E-state index in [0.717, 1.165) is 0 Å². The number of nitrogens with one attached hydrogen (secondary N) is 5. The van der Waals surface area contributed by atoms with Crippen LogP contribution in [0.2, 0.25) is 0 Å². The van der Waals surface area contributed by atoms with Crippen molar-refractivity contribution in [3.63, 3.8) is 0 Å². The summed E-state index contributed by atoms with van der Waals surface area (Å²) in [6, 6.07) is -0.622. The largest absolute Gasteiger partial charge is 0.508 e. The number of carboxylic acids is 2. The van der Waals surface area contributed by atoms with Gasteiger partial charge in [-0.05, 0) is 30.5 Å². The number of nitrogens with zero attached hydrogens (tertiary/aromatic N) is 1. The van der Waals surface area contributed by atoms with Gasteiger partial charge in [0.25, 0.3) is 0 Å². The number of carboxylic acid groups (broad SMARTS) is 2. The van der Waals surface area contributed by atoms with Crippen molar-refractivity contribution in [2.45, 2.75) is 49.9 Å². The number of aliphatic carboxylic acids is 2. The molecule has 0 spiro atoms. The summed E-state index contributed by atoms with van der Waals surface area (Å²) in [6.07, 6.45) is -0.966. The van der Waals surface area contributed by atoms with Gasteiger partial charge in [0.1, 0.15) is 35.7 Å². The average Bonchev–Trinajstić information content (AvgIpc) is 2.96. The fraction of sp³-hybridized carbons (Fsp3) is 0.462. The summed E-state index contributed by atoms with van der Waals surface area (Å²) in [7, 11) is -2.22. The van der Waals surface area contributed by atoms with Crippen LogP contribution in [0, 0.1) is 0 Å². The number of aromatic hydroxyl groups is 1. The summed E-state index contributed by atoms with van der Waals surface area (Å²) in [5.74, 6) is -9.91. The number of guanidine groups is 1. The highest BCUT2D eigenvalue weighted by Crippen LogP contribution is 2.12. The first kappa shape index (κ1) is 36.9. The lowest BCUT2D eigenvalue weighted by Gasteiger charge is -2.24. The van der Waals surface area contributed by atoms with Gasteiger partial charge in [0.2, 0.25) is 29.5 Å². The van der Waals surface area contributed by atoms with Crippen LogP contribution in [-0.2, 0) is 50.8 Å². The minimum atomic E-state index is -2.22. The summed E-state index contributed by atoms with van der Waals surface area (Å²) in [5.41, 5.74) is 11.1. The second-order valence-corrected chi connectivity index (χ2v) is 11.6. The van der Waals surface area contributed by atoms with Crippen molar-refractivity contribution in [3.8, 4) is 5.75 Å². The number of phenols is 1. The maximum atomic E-state index is 13.4. The van der Waals surface area contributed by atoms with E-state index in [9.17, 15) is 53.1 Å². The molecule has 0 radical (unpaired) electrons. The number of carbonyl (C=O) groups excluding carboxylic acids is 5. The van der Waals surface area contributed by atoms with E-state index < -0.39 is 101 Å². The lowest BCUT2D eigenvalue weighted by atomic mass is 10.0. The smallest absolute Gasteiger partial charge is 0.327 e. The molecule has 12 N–H and O–H groups in total. The molecule has 2 unspecified atom stereocenters. The zero-order valence-electron chi connectivity index (χ0n) is 24.4. The first-order valence-electron chi connectivity index (χ1n) is 13.7. The van der Waals surface area contributed by atoms with Gasteiger partial charge in [0, 0.05) is 23.8 Å². The molecule has 1 saturated heterocycles. The van der Waals surface area contributed by atoms with E-state index >= 15 is 0 Å². The minimum absolute atomic E-state index is 0.0412. The predicted molar refractivity (Wildman–Crippen MR) is 160 cm³/mol. The van der Waals surface area contributed by atoms with Crippen LogP contribution in [0.4, 0.5) is 0 Å². The van der Waals surface area contributed by atoms with Gasteiger partial charge in [-0.1, -0.05) is 12.1 Å². The van der Waals surface area contributed by atoms with Gasteiger partial charge in [-0.3, -0.25) is 38.0 Å². The number of amides is 5. The Morgan fingerprint density at radius 3 is 2.11 bits per heavy atom. The Balaban J connectivity index is 2.42. The third-order valence-electron chi connectivity index (χ3n) is 6.32. The SMILES string of the molecule is NC(N)=NCCCC1NC(=O)[C@@H](Cc2ccc(O)cc2)NC(=O)CS(=O)C[C@@H](C(=O)O)NC(=O)[C@H](CC(=O)O)NC(=O)CNC1=O. The van der Waals surface area contributed by atoms with Crippen LogP contribution in [0.3, 0.4) is 0 Å². The molecule has 1 aliphatic heterocycles. The highest BCUT2D eigenvalue weighted by Gasteiger charge is 2.32. The van der Waals surface area contributed by atoms with Gasteiger partial charge in [0.05, 0.1) is 18.7 Å². The lowest BCUT2D eigenvalue weighted by Crippen LogP contribution is -2.57. The second kappa shape index (κ2) is 17.9. The highest BCUT2D eigenvalue weighted by molar-refractivity contribution is 7.85. The zero-order valence-corrected chi connectivity index (χ0v) is 25.2. The molecule has 5 amide bonds. The number of rotatable bonds is 9. The second-order valence-electron chi connectivity index (χ2n) is 10.1. The summed E-state index contributed by atoms with van der Waals surface area (Å²) >= 11 is 0. The van der Waals surface area contributed by atoms with Crippen molar-refractivity contribution in [1.29, 1.82) is 0 Å². The molecule has 1 aromatic rings. The molecule has 1 aromatic carbocycles. The van der Waals surface area contributed by atoms with Gasteiger partial charge in [-0.2, -0.15) is 0 Å². The zero-order chi connectivity index (χ0) is 34.4. The van der Waals surface area contributed by atoms with Crippen LogP contribution in [0.25, 0.3) is 0 Å². The predicted octanol–water partition coefficient (Wildman–Crippen LogP) is -4.63. The molecule has 0 aromatic heterocycles. The maximum Gasteiger partial charge on any atom is 0.327 e.